The van der Waals surface area contributed by atoms with Crippen LogP contribution in [0.15, 0.2) is 12.1 Å². The Labute approximate surface area is 109 Å². The molecule has 0 spiro atoms. The molecule has 2 aliphatic rings. The molecule has 1 aromatic rings. The Balaban J connectivity index is 1.86. The summed E-state index contributed by atoms with van der Waals surface area (Å²) in [5.74, 6) is -1.40. The predicted octanol–water partition coefficient (Wildman–Crippen LogP) is 0.761. The van der Waals surface area contributed by atoms with Crippen LogP contribution in [-0.4, -0.2) is 43.2 Å². The number of nitrogens with zero attached hydrogens (tertiary/aromatic N) is 2. The number of carbonyl (C=O) groups is 1. The molecule has 102 valence electrons. The summed E-state index contributed by atoms with van der Waals surface area (Å²) in [6.45, 7) is 2.10. The first-order valence-electron chi connectivity index (χ1n) is 6.10. The molecule has 2 fully saturated rings. The van der Waals surface area contributed by atoms with Gasteiger partial charge in [0.25, 0.3) is 0 Å². The van der Waals surface area contributed by atoms with Gasteiger partial charge in [-0.1, -0.05) is 0 Å². The average molecular weight is 268 g/mol. The fraction of sp³-hybridized carbons (Fsp3) is 0.417. The maximum atomic E-state index is 13.5. The first-order chi connectivity index (χ1) is 9.06. The number of anilines is 2. The number of nitrogen functional groups attached to an aromatic ring is 1. The van der Waals surface area contributed by atoms with Crippen LogP contribution in [0.4, 0.5) is 25.0 Å². The van der Waals surface area contributed by atoms with E-state index in [9.17, 15) is 13.6 Å². The average Bonchev–Trinajstić information content (AvgIpc) is 2.75. The third-order valence-corrected chi connectivity index (χ3v) is 3.65. The normalized spacial score (nSPS) is 22.4. The molecular weight excluding hydrogens is 254 g/mol. The maximum absolute atomic E-state index is 13.5. The summed E-state index contributed by atoms with van der Waals surface area (Å²) >= 11 is 0. The van der Waals surface area contributed by atoms with Gasteiger partial charge < -0.3 is 20.9 Å². The summed E-state index contributed by atoms with van der Waals surface area (Å²) in [6, 6.07) is 1.95. The molecule has 0 saturated carbocycles. The zero-order chi connectivity index (χ0) is 13.6. The first kappa shape index (κ1) is 12.0. The third kappa shape index (κ3) is 1.94. The molecule has 19 heavy (non-hydrogen) atoms. The molecule has 1 aromatic carbocycles. The topological polar surface area (TPSA) is 61.6 Å². The molecular formula is C12H14F2N4O. The van der Waals surface area contributed by atoms with Crippen molar-refractivity contribution in [1.29, 1.82) is 0 Å². The molecule has 2 aliphatic heterocycles. The second-order valence-corrected chi connectivity index (χ2v) is 4.80. The minimum absolute atomic E-state index is 0.0204. The van der Waals surface area contributed by atoms with E-state index in [4.69, 9.17) is 5.73 Å². The highest BCUT2D eigenvalue weighted by Crippen LogP contribution is 2.29. The third-order valence-electron chi connectivity index (χ3n) is 3.65. The Bertz CT molecular complexity index is 537. The van der Waals surface area contributed by atoms with Gasteiger partial charge in [-0.05, 0) is 6.07 Å². The molecule has 1 atom stereocenters. The van der Waals surface area contributed by atoms with Crippen LogP contribution in [0.25, 0.3) is 0 Å². The van der Waals surface area contributed by atoms with Gasteiger partial charge in [-0.3, -0.25) is 0 Å². The molecule has 7 heteroatoms. The van der Waals surface area contributed by atoms with Gasteiger partial charge in [0.05, 0.1) is 17.4 Å². The molecule has 0 aromatic heterocycles. The second kappa shape index (κ2) is 4.25. The lowest BCUT2D eigenvalue weighted by molar-refractivity contribution is 0.197. The molecule has 2 amide bonds. The summed E-state index contributed by atoms with van der Waals surface area (Å²) in [4.78, 5) is 15.0. The van der Waals surface area contributed by atoms with Crippen molar-refractivity contribution in [3.05, 3.63) is 23.8 Å². The number of urea groups is 1. The van der Waals surface area contributed by atoms with Crippen molar-refractivity contribution in [3.8, 4) is 0 Å². The van der Waals surface area contributed by atoms with Gasteiger partial charge in [-0.25, -0.2) is 13.6 Å². The number of hydrogen-bond donors (Lipinski definition) is 2. The van der Waals surface area contributed by atoms with Gasteiger partial charge in [0.15, 0.2) is 5.82 Å². The molecule has 2 heterocycles. The van der Waals surface area contributed by atoms with Crippen molar-refractivity contribution < 1.29 is 13.6 Å². The Kier molecular flexibility index (Phi) is 2.69. The monoisotopic (exact) mass is 268 g/mol. The van der Waals surface area contributed by atoms with E-state index in [2.05, 4.69) is 5.32 Å². The fourth-order valence-electron chi connectivity index (χ4n) is 2.66. The number of piperazine rings is 1. The van der Waals surface area contributed by atoms with E-state index in [-0.39, 0.29) is 17.8 Å². The summed E-state index contributed by atoms with van der Waals surface area (Å²) in [7, 11) is 0. The Morgan fingerprint density at radius 3 is 2.89 bits per heavy atom. The number of benzene rings is 1. The first-order valence-corrected chi connectivity index (χ1v) is 6.10. The van der Waals surface area contributed by atoms with E-state index < -0.39 is 11.6 Å². The Morgan fingerprint density at radius 2 is 2.11 bits per heavy atom. The van der Waals surface area contributed by atoms with Crippen LogP contribution in [0.2, 0.25) is 0 Å². The highest BCUT2D eigenvalue weighted by atomic mass is 19.1. The number of fused-ring (bicyclic) bond motifs is 1. The summed E-state index contributed by atoms with van der Waals surface area (Å²) in [6.07, 6.45) is 0. The summed E-state index contributed by atoms with van der Waals surface area (Å²) < 4.78 is 26.8. The minimum Gasteiger partial charge on any atom is -0.395 e. The lowest BCUT2D eigenvalue weighted by Gasteiger charge is -2.38. The van der Waals surface area contributed by atoms with Crippen molar-refractivity contribution in [2.45, 2.75) is 6.04 Å². The predicted molar refractivity (Wildman–Crippen MR) is 66.9 cm³/mol. The molecule has 1 unspecified atom stereocenters. The van der Waals surface area contributed by atoms with E-state index in [1.165, 1.54) is 6.07 Å². The molecule has 3 N–H and O–H groups in total. The number of nitrogens with two attached hydrogens (primary N) is 1. The van der Waals surface area contributed by atoms with Gasteiger partial charge in [0, 0.05) is 32.2 Å². The zero-order valence-electron chi connectivity index (χ0n) is 10.2. The van der Waals surface area contributed by atoms with Crippen molar-refractivity contribution in [3.63, 3.8) is 0 Å². The smallest absolute Gasteiger partial charge is 0.317 e. The maximum Gasteiger partial charge on any atom is 0.317 e. The SMILES string of the molecule is Nc1c(F)cc(F)cc1N1CCN2C(=O)NCC2C1. The van der Waals surface area contributed by atoms with E-state index in [0.717, 1.165) is 6.07 Å². The highest BCUT2D eigenvalue weighted by molar-refractivity contribution is 5.78. The molecule has 3 rings (SSSR count). The van der Waals surface area contributed by atoms with E-state index >= 15 is 0 Å². The summed E-state index contributed by atoms with van der Waals surface area (Å²) in [5, 5.41) is 2.75. The largest absolute Gasteiger partial charge is 0.395 e. The lowest BCUT2D eigenvalue weighted by atomic mass is 10.1. The number of nitrogens with one attached hydrogen (secondary N) is 1. The minimum atomic E-state index is -0.752. The Morgan fingerprint density at radius 1 is 1.32 bits per heavy atom. The second-order valence-electron chi connectivity index (χ2n) is 4.80. The van der Waals surface area contributed by atoms with Gasteiger partial charge in [0.1, 0.15) is 5.82 Å². The van der Waals surface area contributed by atoms with Crippen LogP contribution in [0.5, 0.6) is 0 Å². The van der Waals surface area contributed by atoms with Crippen LogP contribution in [-0.2, 0) is 0 Å². The quantitative estimate of drug-likeness (QED) is 0.739. The number of carbonyl (C=O) groups excluding carboxylic acids is 1. The van der Waals surface area contributed by atoms with Crippen LogP contribution in [0.3, 0.4) is 0 Å². The van der Waals surface area contributed by atoms with Crippen LogP contribution >= 0.6 is 0 Å². The number of rotatable bonds is 1. The summed E-state index contributed by atoms with van der Waals surface area (Å²) in [5.41, 5.74) is 5.98. The van der Waals surface area contributed by atoms with E-state index in [1.807, 2.05) is 4.90 Å². The molecule has 2 saturated heterocycles. The lowest BCUT2D eigenvalue weighted by Crippen LogP contribution is -2.52. The molecule has 0 aliphatic carbocycles. The zero-order valence-corrected chi connectivity index (χ0v) is 10.2. The van der Waals surface area contributed by atoms with E-state index in [0.29, 0.717) is 31.9 Å². The number of hydrogen-bond acceptors (Lipinski definition) is 3. The van der Waals surface area contributed by atoms with Gasteiger partial charge in [-0.15, -0.1) is 0 Å². The highest BCUT2D eigenvalue weighted by Gasteiger charge is 2.36. The van der Waals surface area contributed by atoms with Crippen molar-refractivity contribution >= 4 is 17.4 Å². The standard InChI is InChI=1S/C12H14F2N4O/c13-7-3-9(14)11(15)10(4-7)17-1-2-18-8(6-17)5-16-12(18)19/h3-4,8H,1-2,5-6,15H2,(H,16,19). The van der Waals surface area contributed by atoms with Gasteiger partial charge in [-0.2, -0.15) is 0 Å². The number of amides is 2. The number of halogens is 2. The van der Waals surface area contributed by atoms with Crippen molar-refractivity contribution in [1.82, 2.24) is 10.2 Å². The van der Waals surface area contributed by atoms with Gasteiger partial charge in [0.2, 0.25) is 0 Å². The van der Waals surface area contributed by atoms with Crippen LogP contribution in [0, 0.1) is 11.6 Å². The van der Waals surface area contributed by atoms with E-state index in [1.54, 1.807) is 4.90 Å². The van der Waals surface area contributed by atoms with Crippen molar-refractivity contribution in [2.75, 3.05) is 36.8 Å². The van der Waals surface area contributed by atoms with Crippen LogP contribution in [0.1, 0.15) is 0 Å². The molecule has 0 radical (unpaired) electrons. The molecule has 5 nitrogen and oxygen atoms in total. The fourth-order valence-corrected chi connectivity index (χ4v) is 2.66. The van der Waals surface area contributed by atoms with Gasteiger partial charge >= 0.3 is 6.03 Å². The van der Waals surface area contributed by atoms with Crippen molar-refractivity contribution in [2.24, 2.45) is 0 Å². The Hall–Kier alpha value is -2.05. The van der Waals surface area contributed by atoms with Crippen LogP contribution < -0.4 is 16.0 Å². The molecule has 0 bridgehead atoms.